The summed E-state index contributed by atoms with van der Waals surface area (Å²) in [7, 11) is 0. The molecule has 3 nitrogen and oxygen atoms in total. The van der Waals surface area contributed by atoms with Crippen LogP contribution in [0.15, 0.2) is 30.6 Å². The monoisotopic (exact) mass is 257 g/mol. The average Bonchev–Trinajstić information content (AvgIpc) is 2.83. The zero-order valence-electron chi connectivity index (χ0n) is 11.7. The van der Waals surface area contributed by atoms with E-state index in [-0.39, 0.29) is 0 Å². The molecule has 3 rings (SSSR count). The molecule has 102 valence electrons. The van der Waals surface area contributed by atoms with Gasteiger partial charge in [0, 0.05) is 18.9 Å². The van der Waals surface area contributed by atoms with Gasteiger partial charge in [0.2, 0.25) is 0 Å². The first kappa shape index (κ1) is 12.7. The summed E-state index contributed by atoms with van der Waals surface area (Å²) in [5, 5.41) is 3.59. The van der Waals surface area contributed by atoms with Crippen molar-refractivity contribution in [2.45, 2.75) is 39.2 Å². The van der Waals surface area contributed by atoms with E-state index in [0.29, 0.717) is 0 Å². The molecule has 1 saturated carbocycles. The van der Waals surface area contributed by atoms with E-state index in [0.717, 1.165) is 36.3 Å². The van der Waals surface area contributed by atoms with E-state index >= 15 is 0 Å². The smallest absolute Gasteiger partial charge is 0.137 e. The van der Waals surface area contributed by atoms with Crippen molar-refractivity contribution in [3.8, 4) is 0 Å². The third-order valence-corrected chi connectivity index (χ3v) is 4.42. The minimum atomic E-state index is 0.853. The van der Waals surface area contributed by atoms with E-state index in [1.54, 1.807) is 0 Å². The van der Waals surface area contributed by atoms with Crippen LogP contribution in [0.5, 0.6) is 0 Å². The molecule has 19 heavy (non-hydrogen) atoms. The lowest BCUT2D eigenvalue weighted by Gasteiger charge is -2.28. The lowest BCUT2D eigenvalue weighted by molar-refractivity contribution is 0.247. The van der Waals surface area contributed by atoms with Crippen molar-refractivity contribution < 1.29 is 0 Å². The van der Waals surface area contributed by atoms with Gasteiger partial charge in [0.05, 0.1) is 5.69 Å². The zero-order chi connectivity index (χ0) is 13.1. The van der Waals surface area contributed by atoms with Crippen LogP contribution in [0.1, 0.15) is 38.3 Å². The van der Waals surface area contributed by atoms with E-state index in [1.807, 2.05) is 18.2 Å². The fraction of sp³-hybridized carbons (Fsp3) is 0.562. The fourth-order valence-corrected chi connectivity index (χ4v) is 3.15. The molecule has 1 fully saturated rings. The van der Waals surface area contributed by atoms with Crippen LogP contribution in [0, 0.1) is 11.8 Å². The van der Waals surface area contributed by atoms with E-state index in [1.165, 1.54) is 25.7 Å². The van der Waals surface area contributed by atoms with Gasteiger partial charge < -0.3 is 9.72 Å². The van der Waals surface area contributed by atoms with Crippen LogP contribution in [0.2, 0.25) is 0 Å². The number of aromatic nitrogens is 2. The Bertz CT molecular complexity index is 499. The van der Waals surface area contributed by atoms with E-state index in [4.69, 9.17) is 0 Å². The van der Waals surface area contributed by atoms with E-state index < -0.39 is 0 Å². The minimum absolute atomic E-state index is 0.853. The minimum Gasteiger partial charge on any atom is -0.311 e. The van der Waals surface area contributed by atoms with Crippen molar-refractivity contribution in [1.29, 1.82) is 0 Å². The molecule has 1 aliphatic carbocycles. The first-order valence-electron chi connectivity index (χ1n) is 7.46. The largest absolute Gasteiger partial charge is 0.311 e. The number of hydrogen-bond acceptors (Lipinski definition) is 2. The van der Waals surface area contributed by atoms with Crippen LogP contribution < -0.4 is 5.32 Å². The molecule has 0 saturated heterocycles. The molecule has 0 aliphatic heterocycles. The van der Waals surface area contributed by atoms with Crippen molar-refractivity contribution >= 4 is 5.65 Å². The lowest BCUT2D eigenvalue weighted by Crippen LogP contribution is -2.29. The van der Waals surface area contributed by atoms with Crippen molar-refractivity contribution in [1.82, 2.24) is 14.7 Å². The Morgan fingerprint density at radius 3 is 3.05 bits per heavy atom. The van der Waals surface area contributed by atoms with Crippen molar-refractivity contribution in [3.05, 3.63) is 36.3 Å². The number of nitrogens with zero attached hydrogens (tertiary/aromatic N) is 2. The predicted octanol–water partition coefficient (Wildman–Crippen LogP) is 3.25. The highest BCUT2D eigenvalue weighted by Gasteiger charge is 2.20. The number of pyridine rings is 1. The van der Waals surface area contributed by atoms with Crippen LogP contribution in [0.25, 0.3) is 5.65 Å². The third-order valence-electron chi connectivity index (χ3n) is 4.42. The molecule has 1 aliphatic rings. The molecule has 0 amide bonds. The molecule has 0 bridgehead atoms. The topological polar surface area (TPSA) is 29.3 Å². The second kappa shape index (κ2) is 5.74. The lowest BCUT2D eigenvalue weighted by atomic mass is 9.80. The maximum Gasteiger partial charge on any atom is 0.137 e. The second-order valence-electron chi connectivity index (χ2n) is 5.85. The van der Waals surface area contributed by atoms with Crippen LogP contribution >= 0.6 is 0 Å². The van der Waals surface area contributed by atoms with Gasteiger partial charge in [-0.05, 0) is 36.9 Å². The molecular weight excluding hydrogens is 234 g/mol. The Balaban J connectivity index is 1.54. The molecule has 3 heteroatoms. The van der Waals surface area contributed by atoms with Gasteiger partial charge in [0.25, 0.3) is 0 Å². The SMILES string of the molecule is CC1CCCCC1CNCc1cn2ccccc2n1. The molecule has 2 heterocycles. The number of nitrogens with one attached hydrogen (secondary N) is 1. The Morgan fingerprint density at radius 1 is 1.32 bits per heavy atom. The van der Waals surface area contributed by atoms with Crippen LogP contribution in [0.4, 0.5) is 0 Å². The maximum absolute atomic E-state index is 4.61. The summed E-state index contributed by atoms with van der Waals surface area (Å²) in [5.74, 6) is 1.73. The first-order valence-corrected chi connectivity index (χ1v) is 7.46. The highest BCUT2D eigenvalue weighted by Crippen LogP contribution is 2.28. The van der Waals surface area contributed by atoms with Crippen LogP contribution in [-0.4, -0.2) is 15.9 Å². The summed E-state index contributed by atoms with van der Waals surface area (Å²) in [4.78, 5) is 4.61. The average molecular weight is 257 g/mol. The molecular formula is C16H23N3. The maximum atomic E-state index is 4.61. The summed E-state index contributed by atoms with van der Waals surface area (Å²) < 4.78 is 2.08. The number of rotatable bonds is 4. The second-order valence-corrected chi connectivity index (χ2v) is 5.85. The molecule has 1 N–H and O–H groups in total. The van der Waals surface area contributed by atoms with Gasteiger partial charge in [-0.2, -0.15) is 0 Å². The number of fused-ring (bicyclic) bond motifs is 1. The molecule has 0 radical (unpaired) electrons. The van der Waals surface area contributed by atoms with E-state index in [9.17, 15) is 0 Å². The quantitative estimate of drug-likeness (QED) is 0.911. The van der Waals surface area contributed by atoms with Crippen LogP contribution in [0.3, 0.4) is 0 Å². The highest BCUT2D eigenvalue weighted by atomic mass is 15.0. The summed E-state index contributed by atoms with van der Waals surface area (Å²) in [6.07, 6.45) is 9.79. The molecule has 2 aromatic heterocycles. The highest BCUT2D eigenvalue weighted by molar-refractivity contribution is 5.39. The number of imidazole rings is 1. The van der Waals surface area contributed by atoms with Gasteiger partial charge in [-0.1, -0.05) is 32.3 Å². The molecule has 0 spiro atoms. The summed E-state index contributed by atoms with van der Waals surface area (Å²) >= 11 is 0. The standard InChI is InChI=1S/C16H23N3/c1-13-6-2-3-7-14(13)10-17-11-15-12-19-9-5-4-8-16(19)18-15/h4-5,8-9,12-14,17H,2-3,6-7,10-11H2,1H3. The van der Waals surface area contributed by atoms with Crippen molar-refractivity contribution in [2.24, 2.45) is 11.8 Å². The molecule has 2 aromatic rings. The van der Waals surface area contributed by atoms with Gasteiger partial charge in [-0.3, -0.25) is 0 Å². The predicted molar refractivity (Wildman–Crippen MR) is 78.0 cm³/mol. The molecule has 2 atom stereocenters. The van der Waals surface area contributed by atoms with Gasteiger partial charge in [-0.25, -0.2) is 4.98 Å². The van der Waals surface area contributed by atoms with E-state index in [2.05, 4.69) is 34.0 Å². The van der Waals surface area contributed by atoms with Crippen LogP contribution in [-0.2, 0) is 6.54 Å². The van der Waals surface area contributed by atoms with Crippen molar-refractivity contribution in [3.63, 3.8) is 0 Å². The fourth-order valence-electron chi connectivity index (χ4n) is 3.15. The summed E-state index contributed by atoms with van der Waals surface area (Å²) in [6.45, 7) is 4.41. The van der Waals surface area contributed by atoms with Gasteiger partial charge >= 0.3 is 0 Å². The molecule has 2 unspecified atom stereocenters. The summed E-state index contributed by atoms with van der Waals surface area (Å²) in [6, 6.07) is 6.12. The summed E-state index contributed by atoms with van der Waals surface area (Å²) in [5.41, 5.74) is 2.17. The van der Waals surface area contributed by atoms with Crippen molar-refractivity contribution in [2.75, 3.05) is 6.54 Å². The van der Waals surface area contributed by atoms with Gasteiger partial charge in [0.1, 0.15) is 5.65 Å². The molecule has 0 aromatic carbocycles. The number of hydrogen-bond donors (Lipinski definition) is 1. The van der Waals surface area contributed by atoms with Gasteiger partial charge in [0.15, 0.2) is 0 Å². The Hall–Kier alpha value is -1.35. The normalized spacial score (nSPS) is 23.8. The first-order chi connectivity index (χ1) is 9.33. The zero-order valence-corrected chi connectivity index (χ0v) is 11.7. The Morgan fingerprint density at radius 2 is 2.21 bits per heavy atom. The van der Waals surface area contributed by atoms with Gasteiger partial charge in [-0.15, -0.1) is 0 Å². The Kier molecular flexibility index (Phi) is 3.83. The Labute approximate surface area is 115 Å². The third kappa shape index (κ3) is 2.98.